The first kappa shape index (κ1) is 12.5. The van der Waals surface area contributed by atoms with Crippen LogP contribution in [0.3, 0.4) is 0 Å². The van der Waals surface area contributed by atoms with E-state index in [-0.39, 0.29) is 12.2 Å². The van der Waals surface area contributed by atoms with Gasteiger partial charge in [0.15, 0.2) is 0 Å². The third-order valence-electron chi connectivity index (χ3n) is 4.06. The number of piperidine rings is 1. The normalized spacial score (nSPS) is 25.3. The summed E-state index contributed by atoms with van der Waals surface area (Å²) in [5.74, 6) is 6.67. The van der Waals surface area contributed by atoms with Crippen molar-refractivity contribution < 1.29 is 5.11 Å². The number of aromatic nitrogens is 1. The first-order valence-corrected chi connectivity index (χ1v) is 6.76. The molecule has 1 aromatic heterocycles. The predicted molar refractivity (Wildman–Crippen MR) is 72.9 cm³/mol. The van der Waals surface area contributed by atoms with Crippen molar-refractivity contribution in [1.82, 2.24) is 9.47 Å². The number of pyridine rings is 1. The van der Waals surface area contributed by atoms with Crippen LogP contribution >= 0.6 is 0 Å². The molecule has 100 valence electrons. The van der Waals surface area contributed by atoms with Crippen LogP contribution in [0.2, 0.25) is 0 Å². The zero-order valence-corrected chi connectivity index (χ0v) is 10.9. The average Bonchev–Trinajstić information content (AvgIpc) is 2.40. The van der Waals surface area contributed by atoms with Crippen molar-refractivity contribution in [1.29, 1.82) is 0 Å². The van der Waals surface area contributed by atoms with Crippen molar-refractivity contribution in [3.63, 3.8) is 0 Å². The van der Waals surface area contributed by atoms with E-state index in [4.69, 9.17) is 5.11 Å². The summed E-state index contributed by atoms with van der Waals surface area (Å²) < 4.78 is 1.94. The molecule has 2 aliphatic heterocycles. The topological polar surface area (TPSA) is 45.5 Å². The minimum absolute atomic E-state index is 0.0705. The summed E-state index contributed by atoms with van der Waals surface area (Å²) in [7, 11) is 0. The van der Waals surface area contributed by atoms with Crippen molar-refractivity contribution in [3.05, 3.63) is 34.2 Å². The molecule has 1 N–H and O–H groups in total. The first-order valence-electron chi connectivity index (χ1n) is 6.76. The number of aliphatic hydroxyl groups excluding tert-OH is 1. The van der Waals surface area contributed by atoms with Crippen LogP contribution in [0.25, 0.3) is 0 Å². The van der Waals surface area contributed by atoms with Crippen LogP contribution in [0.1, 0.15) is 18.0 Å². The molecule has 1 saturated heterocycles. The Morgan fingerprint density at radius 3 is 3.00 bits per heavy atom. The van der Waals surface area contributed by atoms with Crippen LogP contribution < -0.4 is 5.56 Å². The average molecular weight is 258 g/mol. The lowest BCUT2D eigenvalue weighted by Crippen LogP contribution is -2.47. The van der Waals surface area contributed by atoms with Gasteiger partial charge in [0, 0.05) is 37.3 Å². The molecule has 4 nitrogen and oxygen atoms in total. The second kappa shape index (κ2) is 5.20. The Morgan fingerprint density at radius 2 is 2.16 bits per heavy atom. The van der Waals surface area contributed by atoms with Gasteiger partial charge in [0.2, 0.25) is 0 Å². The van der Waals surface area contributed by atoms with Gasteiger partial charge < -0.3 is 9.67 Å². The van der Waals surface area contributed by atoms with Crippen LogP contribution in [-0.2, 0) is 6.54 Å². The molecule has 0 spiro atoms. The van der Waals surface area contributed by atoms with Gasteiger partial charge in [-0.05, 0) is 18.4 Å². The summed E-state index contributed by atoms with van der Waals surface area (Å²) in [6.07, 6.45) is 1.17. The number of fused-ring (bicyclic) bond motifs is 4. The first-order chi connectivity index (χ1) is 9.28. The molecule has 3 heterocycles. The maximum absolute atomic E-state index is 11.9. The molecule has 2 aliphatic rings. The Labute approximate surface area is 112 Å². The van der Waals surface area contributed by atoms with Crippen LogP contribution in [-0.4, -0.2) is 40.8 Å². The second-order valence-corrected chi connectivity index (χ2v) is 5.40. The third kappa shape index (κ3) is 2.44. The van der Waals surface area contributed by atoms with Gasteiger partial charge in [-0.3, -0.25) is 9.69 Å². The SMILES string of the molecule is O=c1cccc2n1C[C@H]1C[C@H]2CN(CC#CCO)C1. The highest BCUT2D eigenvalue weighted by atomic mass is 16.2. The van der Waals surface area contributed by atoms with Gasteiger partial charge in [0.25, 0.3) is 5.56 Å². The minimum atomic E-state index is -0.0705. The highest BCUT2D eigenvalue weighted by Gasteiger charge is 2.33. The molecule has 0 amide bonds. The number of rotatable bonds is 1. The molecule has 0 unspecified atom stereocenters. The van der Waals surface area contributed by atoms with E-state index in [2.05, 4.69) is 22.8 Å². The van der Waals surface area contributed by atoms with Crippen molar-refractivity contribution >= 4 is 0 Å². The van der Waals surface area contributed by atoms with Gasteiger partial charge in [-0.15, -0.1) is 0 Å². The van der Waals surface area contributed by atoms with Crippen LogP contribution in [0, 0.1) is 17.8 Å². The second-order valence-electron chi connectivity index (χ2n) is 5.40. The molecular weight excluding hydrogens is 240 g/mol. The van der Waals surface area contributed by atoms with E-state index in [0.29, 0.717) is 18.4 Å². The Morgan fingerprint density at radius 1 is 1.26 bits per heavy atom. The smallest absolute Gasteiger partial charge is 0.250 e. The molecule has 0 saturated carbocycles. The lowest BCUT2D eigenvalue weighted by molar-refractivity contribution is 0.133. The van der Waals surface area contributed by atoms with Crippen LogP contribution in [0.4, 0.5) is 0 Å². The Kier molecular flexibility index (Phi) is 3.41. The van der Waals surface area contributed by atoms with E-state index >= 15 is 0 Å². The fourth-order valence-electron chi connectivity index (χ4n) is 3.35. The largest absolute Gasteiger partial charge is 0.384 e. The van der Waals surface area contributed by atoms with Gasteiger partial charge in [0.05, 0.1) is 6.54 Å². The molecule has 19 heavy (non-hydrogen) atoms. The van der Waals surface area contributed by atoms with Gasteiger partial charge in [-0.25, -0.2) is 0 Å². The van der Waals surface area contributed by atoms with E-state index < -0.39 is 0 Å². The molecule has 0 radical (unpaired) electrons. The van der Waals surface area contributed by atoms with Crippen molar-refractivity contribution in [3.8, 4) is 11.8 Å². The summed E-state index contributed by atoms with van der Waals surface area (Å²) in [4.78, 5) is 14.2. The van der Waals surface area contributed by atoms with Gasteiger partial charge >= 0.3 is 0 Å². The molecule has 2 bridgehead atoms. The molecule has 4 heteroatoms. The van der Waals surface area contributed by atoms with E-state index in [1.54, 1.807) is 6.07 Å². The summed E-state index contributed by atoms with van der Waals surface area (Å²) in [6, 6.07) is 5.58. The minimum Gasteiger partial charge on any atom is -0.384 e. The lowest BCUT2D eigenvalue weighted by atomic mass is 9.83. The highest BCUT2D eigenvalue weighted by Crippen LogP contribution is 2.34. The van der Waals surface area contributed by atoms with Crippen LogP contribution in [0.15, 0.2) is 23.0 Å². The fourth-order valence-corrected chi connectivity index (χ4v) is 3.35. The maximum Gasteiger partial charge on any atom is 0.250 e. The summed E-state index contributed by atoms with van der Waals surface area (Å²) in [6.45, 7) is 3.43. The quantitative estimate of drug-likeness (QED) is 0.735. The number of likely N-dealkylation sites (tertiary alicyclic amines) is 1. The number of nitrogens with zero attached hydrogens (tertiary/aromatic N) is 2. The molecule has 1 fully saturated rings. The lowest BCUT2D eigenvalue weighted by Gasteiger charge is -2.42. The van der Waals surface area contributed by atoms with E-state index in [1.165, 1.54) is 12.1 Å². The number of hydrogen-bond donors (Lipinski definition) is 1. The standard InChI is InChI=1S/C15H18N2O2/c18-7-2-1-6-16-9-12-8-13(11-16)14-4-3-5-15(19)17(14)10-12/h3-5,12-13,18H,6-11H2/t12-,13-/m0/s1. The zero-order valence-electron chi connectivity index (χ0n) is 10.9. The highest BCUT2D eigenvalue weighted by molar-refractivity contribution is 5.17. The maximum atomic E-state index is 11.9. The Balaban J connectivity index is 1.82. The summed E-state index contributed by atoms with van der Waals surface area (Å²) >= 11 is 0. The predicted octanol–water partition coefficient (Wildman–Crippen LogP) is 0.263. The molecule has 2 atom stereocenters. The summed E-state index contributed by atoms with van der Waals surface area (Å²) in [5, 5.41) is 8.69. The molecule has 1 aromatic rings. The van der Waals surface area contributed by atoms with Crippen molar-refractivity contribution in [2.24, 2.45) is 5.92 Å². The molecule has 3 rings (SSSR count). The molecule has 0 aliphatic carbocycles. The van der Waals surface area contributed by atoms with Gasteiger partial charge in [-0.2, -0.15) is 0 Å². The Hall–Kier alpha value is -1.57. The van der Waals surface area contributed by atoms with Gasteiger partial charge in [0.1, 0.15) is 6.61 Å². The van der Waals surface area contributed by atoms with Gasteiger partial charge in [-0.1, -0.05) is 17.9 Å². The third-order valence-corrected chi connectivity index (χ3v) is 4.06. The monoisotopic (exact) mass is 258 g/mol. The van der Waals surface area contributed by atoms with Crippen LogP contribution in [0.5, 0.6) is 0 Å². The van der Waals surface area contributed by atoms with E-state index in [0.717, 1.165) is 19.6 Å². The number of hydrogen-bond acceptors (Lipinski definition) is 3. The Bertz CT molecular complexity index is 582. The zero-order chi connectivity index (χ0) is 13.2. The van der Waals surface area contributed by atoms with E-state index in [1.807, 2.05) is 10.6 Å². The fraction of sp³-hybridized carbons (Fsp3) is 0.533. The van der Waals surface area contributed by atoms with Crippen molar-refractivity contribution in [2.75, 3.05) is 26.2 Å². The van der Waals surface area contributed by atoms with Crippen molar-refractivity contribution in [2.45, 2.75) is 18.9 Å². The molecular formula is C15H18N2O2. The summed E-state index contributed by atoms with van der Waals surface area (Å²) in [5.41, 5.74) is 1.30. The van der Waals surface area contributed by atoms with E-state index in [9.17, 15) is 4.79 Å². The molecule has 0 aromatic carbocycles. The number of aliphatic hydroxyl groups is 1.